The first-order valence-electron chi connectivity index (χ1n) is 9.76. The van der Waals surface area contributed by atoms with E-state index in [1.807, 2.05) is 7.05 Å². The van der Waals surface area contributed by atoms with Crippen LogP contribution in [0.4, 0.5) is 10.2 Å². The lowest BCUT2D eigenvalue weighted by molar-refractivity contribution is 0.112. The van der Waals surface area contributed by atoms with Gasteiger partial charge < -0.3 is 15.4 Å². The molecule has 2 heterocycles. The van der Waals surface area contributed by atoms with Crippen LogP contribution in [0.1, 0.15) is 42.1 Å². The van der Waals surface area contributed by atoms with E-state index in [1.54, 1.807) is 18.3 Å². The van der Waals surface area contributed by atoms with Crippen molar-refractivity contribution >= 4 is 17.8 Å². The Morgan fingerprint density at radius 3 is 2.97 bits per heavy atom. The molecular weight excluding hydrogens is 373 g/mol. The first-order valence-corrected chi connectivity index (χ1v) is 9.76. The highest BCUT2D eigenvalue weighted by Crippen LogP contribution is 2.22. The smallest absolute Gasteiger partial charge is 0.167 e. The maximum Gasteiger partial charge on any atom is 0.167 e. The SMILES string of the molecule is CCCCC(COc1ccc(F)cc1CNc1ccn2ncc(C=O)c2n1)NC. The summed E-state index contributed by atoms with van der Waals surface area (Å²) in [4.78, 5) is 15.5. The van der Waals surface area contributed by atoms with Crippen LogP contribution in [0.2, 0.25) is 0 Å². The summed E-state index contributed by atoms with van der Waals surface area (Å²) in [5, 5.41) is 10.5. The molecule has 2 N–H and O–H groups in total. The summed E-state index contributed by atoms with van der Waals surface area (Å²) < 4.78 is 21.3. The van der Waals surface area contributed by atoms with E-state index in [4.69, 9.17) is 4.74 Å². The molecule has 0 spiro atoms. The number of rotatable bonds is 11. The van der Waals surface area contributed by atoms with Gasteiger partial charge in [0.15, 0.2) is 11.9 Å². The Morgan fingerprint density at radius 2 is 2.21 bits per heavy atom. The Balaban J connectivity index is 1.70. The van der Waals surface area contributed by atoms with E-state index in [0.29, 0.717) is 47.8 Å². The molecule has 3 rings (SSSR count). The maximum absolute atomic E-state index is 13.8. The van der Waals surface area contributed by atoms with Gasteiger partial charge in [-0.1, -0.05) is 19.8 Å². The van der Waals surface area contributed by atoms with Gasteiger partial charge in [0.25, 0.3) is 0 Å². The van der Waals surface area contributed by atoms with Crippen molar-refractivity contribution in [2.45, 2.75) is 38.8 Å². The van der Waals surface area contributed by atoms with Gasteiger partial charge in [-0.05, 0) is 37.7 Å². The molecule has 0 amide bonds. The number of hydrogen-bond acceptors (Lipinski definition) is 6. The lowest BCUT2D eigenvalue weighted by Crippen LogP contribution is -2.31. The van der Waals surface area contributed by atoms with Gasteiger partial charge in [-0.3, -0.25) is 4.79 Å². The van der Waals surface area contributed by atoms with Crippen LogP contribution in [0.25, 0.3) is 5.65 Å². The molecule has 1 unspecified atom stereocenters. The van der Waals surface area contributed by atoms with Crippen molar-refractivity contribution in [2.75, 3.05) is 19.0 Å². The summed E-state index contributed by atoms with van der Waals surface area (Å²) in [6, 6.07) is 6.49. The third kappa shape index (κ3) is 5.29. The molecule has 154 valence electrons. The standard InChI is InChI=1S/C21H26FN5O2/c1-3-4-5-18(23-2)14-29-19-7-6-17(22)10-15(19)11-24-20-8-9-27-21(26-20)16(13-28)12-25-27/h6-10,12-13,18,23H,3-5,11,14H2,1-2H3,(H,24,26). The van der Waals surface area contributed by atoms with Crippen LogP contribution in [0, 0.1) is 5.82 Å². The van der Waals surface area contributed by atoms with Crippen LogP contribution in [0.3, 0.4) is 0 Å². The fraction of sp³-hybridized carbons (Fsp3) is 0.381. The largest absolute Gasteiger partial charge is 0.492 e. The number of aldehydes is 1. The number of benzene rings is 1. The number of carbonyl (C=O) groups excluding carboxylic acids is 1. The van der Waals surface area contributed by atoms with E-state index in [0.717, 1.165) is 19.3 Å². The van der Waals surface area contributed by atoms with Gasteiger partial charge in [0, 0.05) is 24.3 Å². The zero-order valence-corrected chi connectivity index (χ0v) is 16.7. The minimum absolute atomic E-state index is 0.244. The van der Waals surface area contributed by atoms with Crippen molar-refractivity contribution < 1.29 is 13.9 Å². The van der Waals surface area contributed by atoms with E-state index in [1.165, 1.54) is 22.8 Å². The summed E-state index contributed by atoms with van der Waals surface area (Å²) >= 11 is 0. The molecule has 3 aromatic rings. The predicted molar refractivity (Wildman–Crippen MR) is 110 cm³/mol. The third-order valence-corrected chi connectivity index (χ3v) is 4.76. The summed E-state index contributed by atoms with van der Waals surface area (Å²) in [7, 11) is 1.92. The van der Waals surface area contributed by atoms with Crippen molar-refractivity contribution in [3.8, 4) is 5.75 Å². The molecule has 0 aliphatic rings. The van der Waals surface area contributed by atoms with Gasteiger partial charge in [0.1, 0.15) is 24.0 Å². The number of hydrogen-bond donors (Lipinski definition) is 2. The number of ether oxygens (including phenoxy) is 1. The molecule has 0 bridgehead atoms. The number of nitrogens with one attached hydrogen (secondary N) is 2. The first-order chi connectivity index (χ1) is 14.1. The average molecular weight is 399 g/mol. The highest BCUT2D eigenvalue weighted by molar-refractivity contribution is 5.83. The van der Waals surface area contributed by atoms with Crippen molar-refractivity contribution in [1.29, 1.82) is 0 Å². The molecule has 8 heteroatoms. The predicted octanol–water partition coefficient (Wildman–Crippen LogP) is 3.45. The second kappa shape index (κ2) is 9.97. The summed E-state index contributed by atoms with van der Waals surface area (Å²) in [5.74, 6) is 0.870. The molecular formula is C21H26FN5O2. The number of fused-ring (bicyclic) bond motifs is 1. The van der Waals surface area contributed by atoms with Crippen LogP contribution < -0.4 is 15.4 Å². The molecule has 7 nitrogen and oxygen atoms in total. The first kappa shape index (κ1) is 20.7. The molecule has 0 aliphatic heterocycles. The fourth-order valence-electron chi connectivity index (χ4n) is 3.03. The van der Waals surface area contributed by atoms with Crippen LogP contribution in [0.5, 0.6) is 5.75 Å². The lowest BCUT2D eigenvalue weighted by atomic mass is 10.1. The van der Waals surface area contributed by atoms with E-state index in [-0.39, 0.29) is 11.9 Å². The molecule has 0 radical (unpaired) electrons. The Labute approximate surface area is 169 Å². The molecule has 1 aromatic carbocycles. The number of carbonyl (C=O) groups is 1. The minimum atomic E-state index is -0.326. The number of likely N-dealkylation sites (N-methyl/N-ethyl adjacent to an activating group) is 1. The van der Waals surface area contributed by atoms with Gasteiger partial charge >= 0.3 is 0 Å². The zero-order chi connectivity index (χ0) is 20.6. The van der Waals surface area contributed by atoms with Gasteiger partial charge in [-0.15, -0.1) is 0 Å². The number of unbranched alkanes of at least 4 members (excludes halogenated alkanes) is 1. The Morgan fingerprint density at radius 1 is 1.34 bits per heavy atom. The normalized spacial score (nSPS) is 12.1. The fourth-order valence-corrected chi connectivity index (χ4v) is 3.03. The number of nitrogens with zero attached hydrogens (tertiary/aromatic N) is 3. The quantitative estimate of drug-likeness (QED) is 0.481. The minimum Gasteiger partial charge on any atom is -0.492 e. The highest BCUT2D eigenvalue weighted by atomic mass is 19.1. The van der Waals surface area contributed by atoms with Gasteiger partial charge in [-0.2, -0.15) is 5.10 Å². The number of aromatic nitrogens is 3. The van der Waals surface area contributed by atoms with Crippen molar-refractivity contribution in [2.24, 2.45) is 0 Å². The maximum atomic E-state index is 13.8. The van der Waals surface area contributed by atoms with Crippen LogP contribution in [0.15, 0.2) is 36.7 Å². The molecule has 0 saturated heterocycles. The number of anilines is 1. The summed E-state index contributed by atoms with van der Waals surface area (Å²) in [6.07, 6.45) is 7.17. The van der Waals surface area contributed by atoms with Crippen molar-refractivity contribution in [1.82, 2.24) is 19.9 Å². The van der Waals surface area contributed by atoms with E-state index < -0.39 is 0 Å². The van der Waals surface area contributed by atoms with E-state index >= 15 is 0 Å². The zero-order valence-electron chi connectivity index (χ0n) is 16.7. The lowest BCUT2D eigenvalue weighted by Gasteiger charge is -2.18. The third-order valence-electron chi connectivity index (χ3n) is 4.76. The van der Waals surface area contributed by atoms with Gasteiger partial charge in [0.2, 0.25) is 0 Å². The van der Waals surface area contributed by atoms with Crippen molar-refractivity contribution in [3.05, 3.63) is 53.6 Å². The topological polar surface area (TPSA) is 80.6 Å². The Bertz CT molecular complexity index is 959. The summed E-state index contributed by atoms with van der Waals surface area (Å²) in [5.41, 5.74) is 1.57. The molecule has 0 fully saturated rings. The Hall–Kier alpha value is -3.00. The molecule has 1 atom stereocenters. The van der Waals surface area contributed by atoms with Crippen LogP contribution >= 0.6 is 0 Å². The van der Waals surface area contributed by atoms with Gasteiger partial charge in [-0.25, -0.2) is 13.9 Å². The van der Waals surface area contributed by atoms with Gasteiger partial charge in [0.05, 0.1) is 11.8 Å². The van der Waals surface area contributed by atoms with Crippen molar-refractivity contribution in [3.63, 3.8) is 0 Å². The van der Waals surface area contributed by atoms with Crippen LogP contribution in [-0.2, 0) is 6.54 Å². The van der Waals surface area contributed by atoms with Crippen LogP contribution in [-0.4, -0.2) is 40.6 Å². The average Bonchev–Trinajstić information content (AvgIpc) is 3.15. The van der Waals surface area contributed by atoms with E-state index in [9.17, 15) is 9.18 Å². The molecule has 29 heavy (non-hydrogen) atoms. The number of halogens is 1. The summed E-state index contributed by atoms with van der Waals surface area (Å²) in [6.45, 7) is 3.00. The molecule has 2 aromatic heterocycles. The molecule has 0 aliphatic carbocycles. The molecule has 0 saturated carbocycles. The second-order valence-corrected chi connectivity index (χ2v) is 6.84. The van der Waals surface area contributed by atoms with E-state index in [2.05, 4.69) is 27.6 Å². The second-order valence-electron chi connectivity index (χ2n) is 6.84. The highest BCUT2D eigenvalue weighted by Gasteiger charge is 2.11. The monoisotopic (exact) mass is 399 g/mol. The Kier molecular flexibility index (Phi) is 7.13.